The third-order valence-electron chi connectivity index (χ3n) is 6.19. The molecular formula is C24H25NO6. The first-order valence-corrected chi connectivity index (χ1v) is 10.2. The number of allylic oxidation sites excluding steroid dienone is 2. The van der Waals surface area contributed by atoms with Gasteiger partial charge in [0.15, 0.2) is 28.8 Å². The van der Waals surface area contributed by atoms with Crippen molar-refractivity contribution >= 4 is 11.5 Å². The number of ether oxygens (including phenoxy) is 4. The van der Waals surface area contributed by atoms with E-state index >= 15 is 0 Å². The summed E-state index contributed by atoms with van der Waals surface area (Å²) in [6.07, 6.45) is 1.22. The Kier molecular flexibility index (Phi) is 4.32. The SMILES string of the molecule is COc1cc([C@H]2C3=C(CC(C)(C)CC3=O)Nc3cc4c(cc32)OCO4)cc(OC)c1O. The number of hydrogen-bond donors (Lipinski definition) is 2. The Labute approximate surface area is 180 Å². The van der Waals surface area contributed by atoms with Crippen LogP contribution in [0.25, 0.3) is 0 Å². The molecule has 2 N–H and O–H groups in total. The molecule has 1 aliphatic carbocycles. The first-order chi connectivity index (χ1) is 14.8. The molecule has 162 valence electrons. The van der Waals surface area contributed by atoms with Crippen LogP contribution in [-0.2, 0) is 4.79 Å². The highest BCUT2D eigenvalue weighted by atomic mass is 16.7. The van der Waals surface area contributed by atoms with Crippen LogP contribution in [0.4, 0.5) is 5.69 Å². The Bertz CT molecular complexity index is 1110. The van der Waals surface area contributed by atoms with E-state index in [-0.39, 0.29) is 29.7 Å². The predicted molar refractivity (Wildman–Crippen MR) is 114 cm³/mol. The summed E-state index contributed by atoms with van der Waals surface area (Å²) in [5, 5.41) is 13.9. The minimum Gasteiger partial charge on any atom is -0.502 e. The fourth-order valence-electron chi connectivity index (χ4n) is 4.83. The number of ketones is 1. The number of carbonyl (C=O) groups is 1. The van der Waals surface area contributed by atoms with Crippen LogP contribution < -0.4 is 24.3 Å². The van der Waals surface area contributed by atoms with Gasteiger partial charge in [-0.1, -0.05) is 13.8 Å². The van der Waals surface area contributed by atoms with Crippen molar-refractivity contribution in [2.45, 2.75) is 32.6 Å². The highest BCUT2D eigenvalue weighted by Crippen LogP contribution is 2.53. The van der Waals surface area contributed by atoms with Crippen LogP contribution in [0.3, 0.4) is 0 Å². The monoisotopic (exact) mass is 423 g/mol. The van der Waals surface area contributed by atoms with Gasteiger partial charge >= 0.3 is 0 Å². The Hall–Kier alpha value is -3.35. The maximum Gasteiger partial charge on any atom is 0.231 e. The summed E-state index contributed by atoms with van der Waals surface area (Å²) in [5.74, 6) is 1.60. The fraction of sp³-hybridized carbons (Fsp3) is 0.375. The molecule has 5 rings (SSSR count). The van der Waals surface area contributed by atoms with Crippen molar-refractivity contribution in [1.82, 2.24) is 0 Å². The van der Waals surface area contributed by atoms with Crippen LogP contribution in [0.5, 0.6) is 28.7 Å². The minimum atomic E-state index is -0.354. The van der Waals surface area contributed by atoms with Gasteiger partial charge in [0.1, 0.15) is 0 Å². The van der Waals surface area contributed by atoms with E-state index in [0.29, 0.717) is 29.4 Å². The maximum atomic E-state index is 13.4. The first kappa shape index (κ1) is 19.6. The molecule has 0 aromatic heterocycles. The van der Waals surface area contributed by atoms with Gasteiger partial charge in [-0.05, 0) is 41.2 Å². The van der Waals surface area contributed by atoms with Gasteiger partial charge in [0, 0.05) is 35.4 Å². The summed E-state index contributed by atoms with van der Waals surface area (Å²) in [6, 6.07) is 7.38. The van der Waals surface area contributed by atoms with Crippen molar-refractivity contribution in [2.75, 3.05) is 26.3 Å². The number of fused-ring (bicyclic) bond motifs is 2. The summed E-state index contributed by atoms with van der Waals surface area (Å²) >= 11 is 0. The molecule has 2 aromatic carbocycles. The lowest BCUT2D eigenvalue weighted by Crippen LogP contribution is -2.33. The molecule has 2 aliphatic heterocycles. The second kappa shape index (κ2) is 6.83. The van der Waals surface area contributed by atoms with Gasteiger partial charge in [0.2, 0.25) is 12.5 Å². The van der Waals surface area contributed by atoms with Crippen LogP contribution >= 0.6 is 0 Å². The van der Waals surface area contributed by atoms with Crippen molar-refractivity contribution in [3.8, 4) is 28.7 Å². The number of hydrogen-bond acceptors (Lipinski definition) is 7. The summed E-state index contributed by atoms with van der Waals surface area (Å²) in [5.41, 5.74) is 4.11. The van der Waals surface area contributed by atoms with Gasteiger partial charge in [0.25, 0.3) is 0 Å². The van der Waals surface area contributed by atoms with E-state index in [0.717, 1.165) is 34.5 Å². The number of carbonyl (C=O) groups excluding carboxylic acids is 1. The van der Waals surface area contributed by atoms with Crippen LogP contribution in [0.2, 0.25) is 0 Å². The Morgan fingerprint density at radius 2 is 1.68 bits per heavy atom. The molecule has 3 aliphatic rings. The minimum absolute atomic E-state index is 0.0705. The zero-order chi connectivity index (χ0) is 21.9. The van der Waals surface area contributed by atoms with Crippen LogP contribution in [0.1, 0.15) is 43.7 Å². The normalized spacial score (nSPS) is 20.6. The lowest BCUT2D eigenvalue weighted by Gasteiger charge is -2.39. The average Bonchev–Trinajstić information content (AvgIpc) is 3.17. The number of nitrogens with one attached hydrogen (secondary N) is 1. The maximum absolute atomic E-state index is 13.4. The van der Waals surface area contributed by atoms with E-state index in [4.69, 9.17) is 18.9 Å². The topological polar surface area (TPSA) is 86.3 Å². The number of methoxy groups -OCH3 is 2. The van der Waals surface area contributed by atoms with Crippen molar-refractivity contribution in [3.63, 3.8) is 0 Å². The largest absolute Gasteiger partial charge is 0.502 e. The zero-order valence-corrected chi connectivity index (χ0v) is 18.0. The molecular weight excluding hydrogens is 398 g/mol. The quantitative estimate of drug-likeness (QED) is 0.760. The molecule has 0 saturated heterocycles. The van der Waals surface area contributed by atoms with Gasteiger partial charge in [-0.15, -0.1) is 0 Å². The summed E-state index contributed by atoms with van der Waals surface area (Å²) in [6.45, 7) is 4.38. The molecule has 0 bridgehead atoms. The zero-order valence-electron chi connectivity index (χ0n) is 18.0. The Morgan fingerprint density at radius 3 is 2.32 bits per heavy atom. The van der Waals surface area contributed by atoms with E-state index in [2.05, 4.69) is 19.2 Å². The van der Waals surface area contributed by atoms with Crippen LogP contribution in [0, 0.1) is 5.41 Å². The second-order valence-corrected chi connectivity index (χ2v) is 8.96. The number of phenolic OH excluding ortho intramolecular Hbond substituents is 1. The number of benzene rings is 2. The summed E-state index contributed by atoms with van der Waals surface area (Å²) in [4.78, 5) is 13.4. The summed E-state index contributed by atoms with van der Waals surface area (Å²) < 4.78 is 22.0. The van der Waals surface area contributed by atoms with Gasteiger partial charge in [-0.2, -0.15) is 0 Å². The number of rotatable bonds is 3. The number of aromatic hydroxyl groups is 1. The highest BCUT2D eigenvalue weighted by molar-refractivity contribution is 6.02. The van der Waals surface area contributed by atoms with E-state index in [1.807, 2.05) is 12.1 Å². The number of Topliss-reactive ketones (excluding diaryl/α,β-unsaturated/α-hetero) is 1. The highest BCUT2D eigenvalue weighted by Gasteiger charge is 2.41. The Morgan fingerprint density at radius 1 is 1.03 bits per heavy atom. The molecule has 0 unspecified atom stereocenters. The average molecular weight is 423 g/mol. The third-order valence-corrected chi connectivity index (χ3v) is 6.19. The molecule has 31 heavy (non-hydrogen) atoms. The molecule has 0 amide bonds. The standard InChI is InChI=1S/C24H25NO6/c1-24(2)9-15-22(16(26)10-24)21(12-5-19(28-3)23(27)20(6-12)29-4)13-7-17-18(31-11-30-17)8-14(13)25-15/h5-8,21,25,27H,9-11H2,1-4H3/t21-/m1/s1. The second-order valence-electron chi connectivity index (χ2n) is 8.96. The smallest absolute Gasteiger partial charge is 0.231 e. The molecule has 7 heteroatoms. The van der Waals surface area contributed by atoms with E-state index < -0.39 is 0 Å². The molecule has 0 fully saturated rings. The molecule has 0 saturated carbocycles. The van der Waals surface area contributed by atoms with E-state index in [1.54, 1.807) is 12.1 Å². The molecule has 2 aromatic rings. The van der Waals surface area contributed by atoms with Gasteiger partial charge < -0.3 is 29.4 Å². The lowest BCUT2D eigenvalue weighted by atomic mass is 9.68. The van der Waals surface area contributed by atoms with Crippen molar-refractivity contribution < 1.29 is 28.8 Å². The van der Waals surface area contributed by atoms with Gasteiger partial charge in [-0.25, -0.2) is 0 Å². The van der Waals surface area contributed by atoms with E-state index in [9.17, 15) is 9.90 Å². The van der Waals surface area contributed by atoms with Crippen molar-refractivity contribution in [3.05, 3.63) is 46.7 Å². The fourth-order valence-corrected chi connectivity index (χ4v) is 4.83. The molecule has 0 spiro atoms. The third kappa shape index (κ3) is 3.07. The predicted octanol–water partition coefficient (Wildman–Crippen LogP) is 4.34. The van der Waals surface area contributed by atoms with Gasteiger partial charge in [0.05, 0.1) is 14.2 Å². The number of phenols is 1. The van der Waals surface area contributed by atoms with Crippen LogP contribution in [0.15, 0.2) is 35.5 Å². The Balaban J connectivity index is 1.76. The summed E-state index contributed by atoms with van der Waals surface area (Å²) in [7, 11) is 2.98. The van der Waals surface area contributed by atoms with Crippen LogP contribution in [-0.4, -0.2) is 31.9 Å². The molecule has 7 nitrogen and oxygen atoms in total. The lowest BCUT2D eigenvalue weighted by molar-refractivity contribution is -0.118. The van der Waals surface area contributed by atoms with Gasteiger partial charge in [-0.3, -0.25) is 4.79 Å². The van der Waals surface area contributed by atoms with Crippen molar-refractivity contribution in [1.29, 1.82) is 0 Å². The molecule has 0 radical (unpaired) electrons. The van der Waals surface area contributed by atoms with Crippen molar-refractivity contribution in [2.24, 2.45) is 5.41 Å². The number of anilines is 1. The molecule has 1 atom stereocenters. The van der Waals surface area contributed by atoms with E-state index in [1.165, 1.54) is 14.2 Å². The molecule has 2 heterocycles. The first-order valence-electron chi connectivity index (χ1n) is 10.2.